The van der Waals surface area contributed by atoms with E-state index in [-0.39, 0.29) is 0 Å². The van der Waals surface area contributed by atoms with Gasteiger partial charge in [-0.2, -0.15) is 0 Å². The van der Waals surface area contributed by atoms with Gasteiger partial charge in [-0.1, -0.05) is 30.3 Å². The maximum Gasteiger partial charge on any atom is 0.500 e. The Morgan fingerprint density at radius 2 is 1.44 bits per heavy atom. The lowest BCUT2D eigenvalue weighted by Crippen LogP contribution is -2.46. The highest BCUT2D eigenvalue weighted by atomic mass is 33.9. The van der Waals surface area contributed by atoms with Gasteiger partial charge < -0.3 is 13.3 Å². The van der Waals surface area contributed by atoms with Crippen LogP contribution in [0.25, 0.3) is 10.2 Å². The number of para-hydroxylation sites is 1. The van der Waals surface area contributed by atoms with Crippen LogP contribution in [0.5, 0.6) is 0 Å². The molecule has 0 N–H and O–H groups in total. The van der Waals surface area contributed by atoms with Crippen LogP contribution in [0.4, 0.5) is 0 Å². The topological polar surface area (TPSA) is 40.6 Å². The van der Waals surface area contributed by atoms with Crippen LogP contribution in [0.2, 0.25) is 6.04 Å². The minimum atomic E-state index is -2.58. The van der Waals surface area contributed by atoms with Gasteiger partial charge in [0, 0.05) is 30.8 Å². The summed E-state index contributed by atoms with van der Waals surface area (Å²) in [5, 5.41) is 0. The molecule has 0 unspecified atom stereocenters. The average Bonchev–Trinajstić information content (AvgIpc) is 3.25. The van der Waals surface area contributed by atoms with Gasteiger partial charge in [0.25, 0.3) is 0 Å². The summed E-state index contributed by atoms with van der Waals surface area (Å²) < 4.78 is 20.4. The number of fused-ring (bicyclic) bond motifs is 1. The Balaban J connectivity index is 1.41. The highest BCUT2D eigenvalue weighted by Gasteiger charge is 2.39. The first-order valence-corrected chi connectivity index (χ1v) is 21.3. The molecule has 3 aromatic rings. The van der Waals surface area contributed by atoms with Crippen molar-refractivity contribution < 1.29 is 13.3 Å². The number of aromatic nitrogens is 1. The van der Waals surface area contributed by atoms with Crippen molar-refractivity contribution in [2.75, 3.05) is 19.8 Å². The summed E-state index contributed by atoms with van der Waals surface area (Å²) in [7, 11) is 8.13. The van der Waals surface area contributed by atoms with Crippen LogP contribution in [-0.2, 0) is 19.7 Å². The van der Waals surface area contributed by atoms with E-state index in [4.69, 9.17) is 13.3 Å². The predicted octanol–water partition coefficient (Wildman–Crippen LogP) is 9.67. The molecular weight excluding hydrogens is 579 g/mol. The lowest BCUT2D eigenvalue weighted by atomic mass is 10.1. The fraction of sp³-hybridized carbons (Fsp3) is 0.409. The third kappa shape index (κ3) is 9.44. The second kappa shape index (κ2) is 16.4. The molecule has 0 saturated heterocycles. The molecule has 3 rings (SSSR count). The van der Waals surface area contributed by atoms with E-state index in [1.54, 1.807) is 61.4 Å². The van der Waals surface area contributed by atoms with E-state index >= 15 is 0 Å². The number of rotatable bonds is 17. The molecule has 4 nitrogen and oxygen atoms in total. The molecule has 0 amide bonds. The van der Waals surface area contributed by atoms with Gasteiger partial charge in [0.1, 0.15) is 0 Å². The van der Waals surface area contributed by atoms with Crippen LogP contribution in [0, 0.1) is 0 Å². The molecular formula is C22H29NO3S7Si. The molecule has 1 heterocycles. The van der Waals surface area contributed by atoms with E-state index in [1.807, 2.05) is 37.6 Å². The van der Waals surface area contributed by atoms with Crippen LogP contribution in [0.3, 0.4) is 0 Å². The van der Waals surface area contributed by atoms with E-state index < -0.39 is 8.80 Å². The largest absolute Gasteiger partial charge is 0.500 e. The zero-order valence-corrected chi connectivity index (χ0v) is 26.1. The zero-order chi connectivity index (χ0) is 24.1. The summed E-state index contributed by atoms with van der Waals surface area (Å²) in [5.74, 6) is 0. The summed E-state index contributed by atoms with van der Waals surface area (Å²) in [6.45, 7) is 7.90. The summed E-state index contributed by atoms with van der Waals surface area (Å²) >= 11 is 1.75. The Labute approximate surface area is 230 Å². The molecule has 0 atom stereocenters. The first-order valence-electron chi connectivity index (χ1n) is 11.1. The van der Waals surface area contributed by atoms with Crippen molar-refractivity contribution in [2.24, 2.45) is 0 Å². The van der Waals surface area contributed by atoms with Crippen LogP contribution < -0.4 is 0 Å². The SMILES string of the molecule is CCO[Si](CCCc1ccccc1SSSSSSc1nc2ccccc2s1)(OCC)OCC. The third-order valence-corrected chi connectivity index (χ3v) is 19.6. The molecule has 0 saturated carbocycles. The molecule has 0 fully saturated rings. The van der Waals surface area contributed by atoms with Crippen molar-refractivity contribution in [3.05, 3.63) is 54.1 Å². The van der Waals surface area contributed by atoms with Gasteiger partial charge in [-0.05, 0) is 118 Å². The van der Waals surface area contributed by atoms with Gasteiger partial charge in [-0.25, -0.2) is 4.98 Å². The first-order chi connectivity index (χ1) is 16.7. The summed E-state index contributed by atoms with van der Waals surface area (Å²) in [5.41, 5.74) is 2.45. The molecule has 0 radical (unpaired) electrons. The summed E-state index contributed by atoms with van der Waals surface area (Å²) in [4.78, 5) is 5.99. The van der Waals surface area contributed by atoms with Crippen LogP contribution >= 0.6 is 72.2 Å². The molecule has 0 bridgehead atoms. The van der Waals surface area contributed by atoms with E-state index in [0.717, 1.165) is 28.7 Å². The molecule has 0 aliphatic rings. The van der Waals surface area contributed by atoms with Gasteiger partial charge in [0.15, 0.2) is 4.34 Å². The average molecular weight is 608 g/mol. The lowest BCUT2D eigenvalue weighted by Gasteiger charge is -2.28. The van der Waals surface area contributed by atoms with Gasteiger partial charge in [0.05, 0.1) is 10.2 Å². The van der Waals surface area contributed by atoms with Gasteiger partial charge in [-0.3, -0.25) is 0 Å². The fourth-order valence-corrected chi connectivity index (χ4v) is 18.6. The van der Waals surface area contributed by atoms with Gasteiger partial charge in [0.2, 0.25) is 0 Å². The van der Waals surface area contributed by atoms with Gasteiger partial charge in [-0.15, -0.1) is 11.3 Å². The van der Waals surface area contributed by atoms with Crippen molar-refractivity contribution >= 4 is 91.2 Å². The Bertz CT molecular complexity index is 944. The highest BCUT2D eigenvalue weighted by Crippen LogP contribution is 2.56. The number of aryl methyl sites for hydroxylation is 1. The van der Waals surface area contributed by atoms with Crippen molar-refractivity contribution in [3.8, 4) is 0 Å². The zero-order valence-electron chi connectivity index (χ0n) is 19.4. The van der Waals surface area contributed by atoms with Crippen molar-refractivity contribution in [1.29, 1.82) is 0 Å². The van der Waals surface area contributed by atoms with Crippen molar-refractivity contribution in [1.82, 2.24) is 4.98 Å². The van der Waals surface area contributed by atoms with Crippen molar-refractivity contribution in [2.45, 2.75) is 48.9 Å². The van der Waals surface area contributed by atoms with Crippen LogP contribution in [0.1, 0.15) is 32.8 Å². The molecule has 0 aliphatic carbocycles. The van der Waals surface area contributed by atoms with E-state index in [0.29, 0.717) is 19.8 Å². The molecule has 1 aromatic heterocycles. The van der Waals surface area contributed by atoms with Gasteiger partial charge >= 0.3 is 8.80 Å². The molecule has 2 aromatic carbocycles. The quantitative estimate of drug-likeness (QED) is 0.0841. The summed E-state index contributed by atoms with van der Waals surface area (Å²) in [6, 6.07) is 17.8. The van der Waals surface area contributed by atoms with Crippen LogP contribution in [-0.4, -0.2) is 33.6 Å². The Kier molecular flexibility index (Phi) is 14.0. The molecule has 12 heteroatoms. The predicted molar refractivity (Wildman–Crippen MR) is 162 cm³/mol. The Morgan fingerprint density at radius 3 is 2.15 bits per heavy atom. The fourth-order valence-electron chi connectivity index (χ4n) is 3.29. The normalized spacial score (nSPS) is 12.0. The molecule has 0 aliphatic heterocycles. The summed E-state index contributed by atoms with van der Waals surface area (Å²) in [6.07, 6.45) is 1.98. The number of hydrogen-bond acceptors (Lipinski definition) is 11. The van der Waals surface area contributed by atoms with E-state index in [1.165, 1.54) is 15.2 Å². The Morgan fingerprint density at radius 1 is 0.794 bits per heavy atom. The lowest BCUT2D eigenvalue weighted by molar-refractivity contribution is 0.0708. The maximum absolute atomic E-state index is 6.00. The highest BCUT2D eigenvalue weighted by molar-refractivity contribution is 9.41. The molecule has 34 heavy (non-hydrogen) atoms. The first kappa shape index (κ1) is 29.1. The van der Waals surface area contributed by atoms with E-state index in [2.05, 4.69) is 47.4 Å². The monoisotopic (exact) mass is 607 g/mol. The number of nitrogens with zero attached hydrogens (tertiary/aromatic N) is 1. The second-order valence-corrected chi connectivity index (χ2v) is 20.1. The van der Waals surface area contributed by atoms with E-state index in [9.17, 15) is 0 Å². The van der Waals surface area contributed by atoms with Crippen molar-refractivity contribution in [3.63, 3.8) is 0 Å². The maximum atomic E-state index is 6.00. The standard InChI is InChI=1S/C22H29NO3S7Si/c1-4-24-34(25-5-2,26-6-3)17-11-13-18-12-7-9-15-20(18)28-30-32-33-31-29-22-23-19-14-8-10-16-21(19)27-22/h7-10,12,14-16H,4-6,11,13,17H2,1-3H3. The smallest absolute Gasteiger partial charge is 0.374 e. The number of thiazole rings is 1. The second-order valence-electron chi connectivity index (χ2n) is 6.83. The number of benzene rings is 2. The molecule has 186 valence electrons. The Hall–Kier alpha value is 0.527. The number of hydrogen-bond donors (Lipinski definition) is 0. The van der Waals surface area contributed by atoms with Crippen LogP contribution in [0.15, 0.2) is 57.8 Å². The molecule has 0 spiro atoms. The third-order valence-electron chi connectivity index (χ3n) is 4.58. The minimum absolute atomic E-state index is 0.624. The minimum Gasteiger partial charge on any atom is -0.374 e.